The number of sulfonamides is 1. The Bertz CT molecular complexity index is 387. The van der Waals surface area contributed by atoms with Gasteiger partial charge in [0.2, 0.25) is 10.0 Å². The first-order valence-corrected chi connectivity index (χ1v) is 8.81. The molecule has 1 unspecified atom stereocenters. The van der Waals surface area contributed by atoms with Gasteiger partial charge in [-0.05, 0) is 32.6 Å². The van der Waals surface area contributed by atoms with Crippen LogP contribution < -0.4 is 4.72 Å². The summed E-state index contributed by atoms with van der Waals surface area (Å²) in [5, 5.41) is 0. The summed E-state index contributed by atoms with van der Waals surface area (Å²) in [4.78, 5) is 0. The van der Waals surface area contributed by atoms with Gasteiger partial charge in [0.05, 0.1) is 18.5 Å². The molecule has 5 nitrogen and oxygen atoms in total. The molecule has 0 spiro atoms. The van der Waals surface area contributed by atoms with Gasteiger partial charge in [-0.2, -0.15) is 0 Å². The molecule has 1 saturated carbocycles. The third kappa shape index (κ3) is 5.02. The lowest BCUT2D eigenvalue weighted by atomic mass is 9.91. The quantitative estimate of drug-likeness (QED) is 0.836. The maximum absolute atomic E-state index is 12.0. The number of hydrogen-bond acceptors (Lipinski definition) is 4. The Hall–Kier alpha value is -0.170. The minimum absolute atomic E-state index is 0.184. The maximum Gasteiger partial charge on any atom is 0.211 e. The van der Waals surface area contributed by atoms with Crippen molar-refractivity contribution >= 4 is 10.0 Å². The molecule has 1 N–H and O–H groups in total. The fourth-order valence-electron chi connectivity index (χ4n) is 2.81. The summed E-state index contributed by atoms with van der Waals surface area (Å²) < 4.78 is 37.7. The van der Waals surface area contributed by atoms with Gasteiger partial charge in [0, 0.05) is 6.54 Å². The molecule has 112 valence electrons. The van der Waals surface area contributed by atoms with Gasteiger partial charge in [-0.25, -0.2) is 13.1 Å². The average Bonchev–Trinajstić information content (AvgIpc) is 2.67. The first-order chi connectivity index (χ1) is 8.86. The van der Waals surface area contributed by atoms with Crippen molar-refractivity contribution in [2.75, 3.05) is 18.9 Å². The molecule has 1 aliphatic carbocycles. The molecular formula is C13H25NO4S. The molecule has 1 aliphatic heterocycles. The van der Waals surface area contributed by atoms with E-state index < -0.39 is 15.8 Å². The van der Waals surface area contributed by atoms with E-state index in [-0.39, 0.29) is 11.9 Å². The van der Waals surface area contributed by atoms with Gasteiger partial charge in [-0.15, -0.1) is 0 Å². The minimum Gasteiger partial charge on any atom is -0.348 e. The molecule has 0 bridgehead atoms. The molecule has 0 radical (unpaired) electrons. The normalized spacial score (nSPS) is 28.6. The summed E-state index contributed by atoms with van der Waals surface area (Å²) >= 11 is 0. The van der Waals surface area contributed by atoms with Crippen molar-refractivity contribution in [1.82, 2.24) is 4.72 Å². The van der Waals surface area contributed by atoms with E-state index in [1.807, 2.05) is 13.8 Å². The van der Waals surface area contributed by atoms with Gasteiger partial charge >= 0.3 is 0 Å². The van der Waals surface area contributed by atoms with Gasteiger partial charge in [-0.3, -0.25) is 0 Å². The molecule has 1 saturated heterocycles. The van der Waals surface area contributed by atoms with Crippen molar-refractivity contribution in [3.63, 3.8) is 0 Å². The van der Waals surface area contributed by atoms with Crippen LogP contribution in [0.25, 0.3) is 0 Å². The van der Waals surface area contributed by atoms with Crippen molar-refractivity contribution in [3.8, 4) is 0 Å². The molecule has 1 atom stereocenters. The predicted molar refractivity (Wildman–Crippen MR) is 73.3 cm³/mol. The Labute approximate surface area is 116 Å². The van der Waals surface area contributed by atoms with Crippen molar-refractivity contribution in [2.24, 2.45) is 5.92 Å². The molecule has 6 heteroatoms. The lowest BCUT2D eigenvalue weighted by Crippen LogP contribution is -2.37. The van der Waals surface area contributed by atoms with Crippen LogP contribution in [-0.4, -0.2) is 39.2 Å². The SMILES string of the molecule is CC1(C)OCC(CNS(=O)(=O)CC2CCCCC2)O1. The summed E-state index contributed by atoms with van der Waals surface area (Å²) in [6.07, 6.45) is 5.46. The van der Waals surface area contributed by atoms with E-state index in [2.05, 4.69) is 4.72 Å². The van der Waals surface area contributed by atoms with Crippen LogP contribution in [0, 0.1) is 5.92 Å². The van der Waals surface area contributed by atoms with Crippen LogP contribution in [0.3, 0.4) is 0 Å². The minimum atomic E-state index is -3.19. The van der Waals surface area contributed by atoms with Crippen LogP contribution in [0.5, 0.6) is 0 Å². The van der Waals surface area contributed by atoms with Gasteiger partial charge in [-0.1, -0.05) is 19.3 Å². The largest absolute Gasteiger partial charge is 0.348 e. The second kappa shape index (κ2) is 6.08. The van der Waals surface area contributed by atoms with Crippen molar-refractivity contribution < 1.29 is 17.9 Å². The molecule has 0 amide bonds. The average molecular weight is 291 g/mol. The number of hydrogen-bond donors (Lipinski definition) is 1. The monoisotopic (exact) mass is 291 g/mol. The lowest BCUT2D eigenvalue weighted by molar-refractivity contribution is -0.137. The van der Waals surface area contributed by atoms with Crippen LogP contribution in [0.1, 0.15) is 46.0 Å². The van der Waals surface area contributed by atoms with E-state index in [0.29, 0.717) is 19.1 Å². The highest BCUT2D eigenvalue weighted by Gasteiger charge is 2.33. The highest BCUT2D eigenvalue weighted by atomic mass is 32.2. The Balaban J connectivity index is 1.75. The topological polar surface area (TPSA) is 64.6 Å². The van der Waals surface area contributed by atoms with Gasteiger partial charge in [0.1, 0.15) is 0 Å². The first-order valence-electron chi connectivity index (χ1n) is 7.15. The van der Waals surface area contributed by atoms with E-state index in [1.165, 1.54) is 6.42 Å². The Morgan fingerprint density at radius 2 is 1.89 bits per heavy atom. The molecule has 0 aromatic heterocycles. The van der Waals surface area contributed by atoms with Crippen LogP contribution in [0.4, 0.5) is 0 Å². The number of rotatable bonds is 5. The standard InChI is InChI=1S/C13H25NO4S/c1-13(2)17-9-12(18-13)8-14-19(15,16)10-11-6-4-3-5-7-11/h11-12,14H,3-10H2,1-2H3. The number of nitrogens with one attached hydrogen (secondary N) is 1. The second-order valence-electron chi connectivity index (χ2n) is 6.08. The zero-order valence-electron chi connectivity index (χ0n) is 11.9. The zero-order chi connectivity index (χ0) is 13.9. The Morgan fingerprint density at radius 1 is 1.21 bits per heavy atom. The van der Waals surface area contributed by atoms with Crippen molar-refractivity contribution in [3.05, 3.63) is 0 Å². The van der Waals surface area contributed by atoms with Crippen molar-refractivity contribution in [1.29, 1.82) is 0 Å². The molecule has 2 aliphatic rings. The van der Waals surface area contributed by atoms with Crippen LogP contribution in [0.15, 0.2) is 0 Å². The predicted octanol–water partition coefficient (Wildman–Crippen LogP) is 1.64. The fraction of sp³-hybridized carbons (Fsp3) is 1.00. The first kappa shape index (κ1) is 15.2. The smallest absolute Gasteiger partial charge is 0.211 e. The molecule has 2 fully saturated rings. The summed E-state index contributed by atoms with van der Waals surface area (Å²) in [5.41, 5.74) is 0. The molecule has 2 rings (SSSR count). The summed E-state index contributed by atoms with van der Waals surface area (Å²) in [6, 6.07) is 0. The third-order valence-corrected chi connectivity index (χ3v) is 5.29. The van der Waals surface area contributed by atoms with E-state index in [4.69, 9.17) is 9.47 Å². The molecule has 19 heavy (non-hydrogen) atoms. The number of ether oxygens (including phenoxy) is 2. The lowest BCUT2D eigenvalue weighted by Gasteiger charge is -2.22. The third-order valence-electron chi connectivity index (χ3n) is 3.78. The van der Waals surface area contributed by atoms with Crippen molar-refractivity contribution in [2.45, 2.75) is 57.8 Å². The fourth-order valence-corrected chi connectivity index (χ4v) is 4.32. The van der Waals surface area contributed by atoms with Crippen LogP contribution >= 0.6 is 0 Å². The van der Waals surface area contributed by atoms with Gasteiger partial charge < -0.3 is 9.47 Å². The van der Waals surface area contributed by atoms with Crippen LogP contribution in [0.2, 0.25) is 0 Å². The Morgan fingerprint density at radius 3 is 2.47 bits per heavy atom. The van der Waals surface area contributed by atoms with Gasteiger partial charge in [0.25, 0.3) is 0 Å². The summed E-state index contributed by atoms with van der Waals surface area (Å²) in [5.74, 6) is -0.0212. The molecular weight excluding hydrogens is 266 g/mol. The second-order valence-corrected chi connectivity index (χ2v) is 7.94. The van der Waals surface area contributed by atoms with Crippen LogP contribution in [-0.2, 0) is 19.5 Å². The van der Waals surface area contributed by atoms with E-state index >= 15 is 0 Å². The van der Waals surface area contributed by atoms with E-state index in [0.717, 1.165) is 25.7 Å². The van der Waals surface area contributed by atoms with E-state index in [9.17, 15) is 8.42 Å². The summed E-state index contributed by atoms with van der Waals surface area (Å²) in [6.45, 7) is 4.42. The molecule has 0 aromatic rings. The highest BCUT2D eigenvalue weighted by Crippen LogP contribution is 2.25. The van der Waals surface area contributed by atoms with Gasteiger partial charge in [0.15, 0.2) is 5.79 Å². The summed E-state index contributed by atoms with van der Waals surface area (Å²) in [7, 11) is -3.19. The molecule has 1 heterocycles. The maximum atomic E-state index is 12.0. The van der Waals surface area contributed by atoms with E-state index in [1.54, 1.807) is 0 Å². The zero-order valence-corrected chi connectivity index (χ0v) is 12.7. The Kier molecular flexibility index (Phi) is 4.87. The highest BCUT2D eigenvalue weighted by molar-refractivity contribution is 7.89. The molecule has 0 aromatic carbocycles.